The zero-order chi connectivity index (χ0) is 21.7. The molecule has 1 unspecified atom stereocenters. The Morgan fingerprint density at radius 2 is 1.29 bits per heavy atom. The minimum Gasteiger partial charge on any atom is -0.489 e. The van der Waals surface area contributed by atoms with Gasteiger partial charge in [-0.1, -0.05) is 106 Å². The van der Waals surface area contributed by atoms with Crippen LogP contribution in [0.2, 0.25) is 0 Å². The SMILES string of the molecule is CCCCCCCCOC(C)c1ccc(-c2ccc(OCc3ccccc3)cc2)cc1. The van der Waals surface area contributed by atoms with E-state index in [1.165, 1.54) is 54.4 Å². The van der Waals surface area contributed by atoms with Crippen molar-refractivity contribution in [3.8, 4) is 16.9 Å². The fraction of sp³-hybridized carbons (Fsp3) is 0.379. The third-order valence-corrected chi connectivity index (χ3v) is 5.68. The molecule has 0 aliphatic carbocycles. The van der Waals surface area contributed by atoms with Crippen molar-refractivity contribution in [3.05, 3.63) is 90.0 Å². The monoisotopic (exact) mass is 416 g/mol. The first-order valence-corrected chi connectivity index (χ1v) is 11.7. The lowest BCUT2D eigenvalue weighted by atomic mass is 10.0. The molecule has 2 heteroatoms. The van der Waals surface area contributed by atoms with Crippen molar-refractivity contribution in [2.24, 2.45) is 0 Å². The van der Waals surface area contributed by atoms with Gasteiger partial charge in [-0.05, 0) is 47.7 Å². The van der Waals surface area contributed by atoms with Crippen LogP contribution in [0.4, 0.5) is 0 Å². The lowest BCUT2D eigenvalue weighted by Crippen LogP contribution is -2.01. The van der Waals surface area contributed by atoms with Crippen LogP contribution < -0.4 is 4.74 Å². The third-order valence-electron chi connectivity index (χ3n) is 5.68. The first-order valence-electron chi connectivity index (χ1n) is 11.7. The standard InChI is InChI=1S/C29H36O2/c1-3-4-5-6-7-11-22-30-24(2)26-14-16-27(17-15-26)28-18-20-29(21-19-28)31-23-25-12-9-8-10-13-25/h8-10,12-21,24H,3-7,11,22-23H2,1-2H3. The smallest absolute Gasteiger partial charge is 0.119 e. The summed E-state index contributed by atoms with van der Waals surface area (Å²) in [6.07, 6.45) is 7.91. The van der Waals surface area contributed by atoms with Gasteiger partial charge in [0.1, 0.15) is 12.4 Å². The maximum Gasteiger partial charge on any atom is 0.119 e. The predicted octanol–water partition coefficient (Wildman–Crippen LogP) is 8.37. The largest absolute Gasteiger partial charge is 0.489 e. The molecule has 0 saturated heterocycles. The number of benzene rings is 3. The molecule has 0 aliphatic rings. The lowest BCUT2D eigenvalue weighted by molar-refractivity contribution is 0.0627. The van der Waals surface area contributed by atoms with Crippen molar-refractivity contribution < 1.29 is 9.47 Å². The van der Waals surface area contributed by atoms with Gasteiger partial charge in [0.15, 0.2) is 0 Å². The first kappa shape index (κ1) is 23.1. The minimum absolute atomic E-state index is 0.137. The van der Waals surface area contributed by atoms with Gasteiger partial charge in [0.25, 0.3) is 0 Å². The van der Waals surface area contributed by atoms with Crippen molar-refractivity contribution in [2.75, 3.05) is 6.61 Å². The molecule has 0 radical (unpaired) electrons. The zero-order valence-corrected chi connectivity index (χ0v) is 19.1. The molecule has 0 heterocycles. The fourth-order valence-electron chi connectivity index (χ4n) is 3.67. The molecule has 31 heavy (non-hydrogen) atoms. The summed E-state index contributed by atoms with van der Waals surface area (Å²) in [6, 6.07) is 27.3. The summed E-state index contributed by atoms with van der Waals surface area (Å²) >= 11 is 0. The maximum atomic E-state index is 6.04. The molecular formula is C29H36O2. The molecule has 1 atom stereocenters. The van der Waals surface area contributed by atoms with Crippen LogP contribution in [0.3, 0.4) is 0 Å². The van der Waals surface area contributed by atoms with Gasteiger partial charge in [-0.3, -0.25) is 0 Å². The van der Waals surface area contributed by atoms with Crippen LogP contribution >= 0.6 is 0 Å². The van der Waals surface area contributed by atoms with Gasteiger partial charge >= 0.3 is 0 Å². The average Bonchev–Trinajstić information content (AvgIpc) is 2.83. The fourth-order valence-corrected chi connectivity index (χ4v) is 3.67. The quantitative estimate of drug-likeness (QED) is 0.261. The van der Waals surface area contributed by atoms with E-state index in [1.807, 2.05) is 30.3 Å². The topological polar surface area (TPSA) is 18.5 Å². The Balaban J connectivity index is 1.44. The number of ether oxygens (including phenoxy) is 2. The Morgan fingerprint density at radius 1 is 0.677 bits per heavy atom. The van der Waals surface area contributed by atoms with Crippen molar-refractivity contribution in [3.63, 3.8) is 0 Å². The minimum atomic E-state index is 0.137. The predicted molar refractivity (Wildman–Crippen MR) is 130 cm³/mol. The molecule has 0 fully saturated rings. The highest BCUT2D eigenvalue weighted by molar-refractivity contribution is 5.64. The molecule has 0 amide bonds. The summed E-state index contributed by atoms with van der Waals surface area (Å²) in [5.41, 5.74) is 4.81. The second-order valence-corrected chi connectivity index (χ2v) is 8.20. The number of hydrogen-bond donors (Lipinski definition) is 0. The summed E-state index contributed by atoms with van der Waals surface area (Å²) in [4.78, 5) is 0. The molecule has 0 N–H and O–H groups in total. The first-order chi connectivity index (χ1) is 15.3. The van der Waals surface area contributed by atoms with Crippen LogP contribution in [0.1, 0.15) is 69.6 Å². The van der Waals surface area contributed by atoms with Gasteiger partial charge in [0.05, 0.1) is 6.10 Å². The van der Waals surface area contributed by atoms with E-state index in [1.54, 1.807) is 0 Å². The molecule has 0 bridgehead atoms. The Hall–Kier alpha value is -2.58. The Morgan fingerprint density at radius 3 is 1.97 bits per heavy atom. The zero-order valence-electron chi connectivity index (χ0n) is 19.1. The van der Waals surface area contributed by atoms with Gasteiger partial charge in [-0.2, -0.15) is 0 Å². The van der Waals surface area contributed by atoms with Crippen LogP contribution in [0.25, 0.3) is 11.1 Å². The summed E-state index contributed by atoms with van der Waals surface area (Å²) < 4.78 is 11.9. The summed E-state index contributed by atoms with van der Waals surface area (Å²) in [7, 11) is 0. The normalized spacial score (nSPS) is 11.9. The molecule has 0 saturated carbocycles. The second kappa shape index (κ2) is 13.0. The molecule has 2 nitrogen and oxygen atoms in total. The van der Waals surface area contributed by atoms with Crippen molar-refractivity contribution >= 4 is 0 Å². The van der Waals surface area contributed by atoms with Crippen LogP contribution in [0.15, 0.2) is 78.9 Å². The van der Waals surface area contributed by atoms with Gasteiger partial charge < -0.3 is 9.47 Å². The van der Waals surface area contributed by atoms with Crippen molar-refractivity contribution in [1.29, 1.82) is 0 Å². The van der Waals surface area contributed by atoms with E-state index in [-0.39, 0.29) is 6.10 Å². The Kier molecular flexibility index (Phi) is 9.66. The molecule has 3 rings (SSSR count). The van der Waals surface area contributed by atoms with Crippen LogP contribution in [0, 0.1) is 0 Å². The molecule has 3 aromatic rings. The Labute approximate surface area is 188 Å². The average molecular weight is 417 g/mol. The maximum absolute atomic E-state index is 6.04. The highest BCUT2D eigenvalue weighted by atomic mass is 16.5. The number of rotatable bonds is 13. The van der Waals surface area contributed by atoms with Gasteiger partial charge in [0.2, 0.25) is 0 Å². The van der Waals surface area contributed by atoms with Gasteiger partial charge in [-0.25, -0.2) is 0 Å². The van der Waals surface area contributed by atoms with Crippen LogP contribution in [0.5, 0.6) is 5.75 Å². The van der Waals surface area contributed by atoms with E-state index in [0.29, 0.717) is 6.61 Å². The van der Waals surface area contributed by atoms with E-state index < -0.39 is 0 Å². The highest BCUT2D eigenvalue weighted by Gasteiger charge is 2.07. The molecule has 3 aromatic carbocycles. The molecule has 0 spiro atoms. The summed E-state index contributed by atoms with van der Waals surface area (Å²) in [5, 5.41) is 0. The molecule has 0 aromatic heterocycles. The van der Waals surface area contributed by atoms with Crippen LogP contribution in [-0.4, -0.2) is 6.61 Å². The summed E-state index contributed by atoms with van der Waals surface area (Å²) in [6.45, 7) is 5.84. The number of unbranched alkanes of at least 4 members (excludes halogenated alkanes) is 5. The summed E-state index contributed by atoms with van der Waals surface area (Å²) in [5.74, 6) is 0.890. The van der Waals surface area contributed by atoms with E-state index in [4.69, 9.17) is 9.47 Å². The second-order valence-electron chi connectivity index (χ2n) is 8.20. The van der Waals surface area contributed by atoms with E-state index >= 15 is 0 Å². The van der Waals surface area contributed by atoms with Gasteiger partial charge in [0, 0.05) is 6.61 Å². The van der Waals surface area contributed by atoms with Crippen molar-refractivity contribution in [2.45, 2.75) is 65.1 Å². The van der Waals surface area contributed by atoms with Gasteiger partial charge in [-0.15, -0.1) is 0 Å². The van der Waals surface area contributed by atoms with E-state index in [9.17, 15) is 0 Å². The van der Waals surface area contributed by atoms with E-state index in [0.717, 1.165) is 18.8 Å². The number of hydrogen-bond acceptors (Lipinski definition) is 2. The molecule has 0 aliphatic heterocycles. The molecule has 164 valence electrons. The van der Waals surface area contributed by atoms with Crippen LogP contribution in [-0.2, 0) is 11.3 Å². The third kappa shape index (κ3) is 7.88. The van der Waals surface area contributed by atoms with E-state index in [2.05, 4.69) is 62.4 Å². The van der Waals surface area contributed by atoms with Crippen molar-refractivity contribution in [1.82, 2.24) is 0 Å². The lowest BCUT2D eigenvalue weighted by Gasteiger charge is -2.14. The Bertz CT molecular complexity index is 854. The highest BCUT2D eigenvalue weighted by Crippen LogP contribution is 2.26. The molecular weight excluding hydrogens is 380 g/mol.